The number of carbonyl (C=O) groups excluding carboxylic acids is 1. The van der Waals surface area contributed by atoms with Crippen molar-refractivity contribution in [2.45, 2.75) is 17.9 Å². The predicted octanol–water partition coefficient (Wildman–Crippen LogP) is 4.12. The van der Waals surface area contributed by atoms with Crippen LogP contribution in [0.4, 0.5) is 0 Å². The molecule has 0 saturated carbocycles. The number of rotatable bonds is 5. The van der Waals surface area contributed by atoms with E-state index >= 15 is 0 Å². The maximum Gasteiger partial charge on any atom is 0.251 e. The molecule has 4 aromatic rings. The minimum Gasteiger partial charge on any atom is -0.346 e. The summed E-state index contributed by atoms with van der Waals surface area (Å²) in [6.45, 7) is 1.94. The largest absolute Gasteiger partial charge is 0.346 e. The highest BCUT2D eigenvalue weighted by Crippen LogP contribution is 2.29. The number of aromatic nitrogens is 2. The number of fused-ring (bicyclic) bond motifs is 1. The minimum atomic E-state index is -3.33. The van der Waals surface area contributed by atoms with E-state index in [1.165, 1.54) is 6.26 Å². The van der Waals surface area contributed by atoms with Crippen LogP contribution in [-0.2, 0) is 9.84 Å². The van der Waals surface area contributed by atoms with Gasteiger partial charge in [0.1, 0.15) is 0 Å². The highest BCUT2D eigenvalue weighted by molar-refractivity contribution is 7.90. The quantitative estimate of drug-likeness (QED) is 0.509. The zero-order chi connectivity index (χ0) is 21.3. The summed E-state index contributed by atoms with van der Waals surface area (Å²) in [6.07, 6.45) is 1.17. The smallest absolute Gasteiger partial charge is 0.251 e. The first-order valence-electron chi connectivity index (χ1n) is 9.47. The molecule has 0 unspecified atom stereocenters. The molecule has 30 heavy (non-hydrogen) atoms. The van der Waals surface area contributed by atoms with Gasteiger partial charge < -0.3 is 5.32 Å². The summed E-state index contributed by atoms with van der Waals surface area (Å²) in [5, 5.41) is 11.1. The number of aromatic amines is 1. The average Bonchev–Trinajstić information content (AvgIpc) is 3.17. The zero-order valence-electron chi connectivity index (χ0n) is 16.6. The van der Waals surface area contributed by atoms with Crippen molar-refractivity contribution in [3.05, 3.63) is 83.9 Å². The molecule has 1 heterocycles. The molecular formula is C23H21N3O3S. The van der Waals surface area contributed by atoms with E-state index in [1.54, 1.807) is 42.5 Å². The molecule has 7 heteroatoms. The summed E-state index contributed by atoms with van der Waals surface area (Å²) >= 11 is 0. The Morgan fingerprint density at radius 2 is 1.77 bits per heavy atom. The summed E-state index contributed by atoms with van der Waals surface area (Å²) in [5.74, 6) is -0.190. The SMILES string of the molecule is C[C@H](NC(=O)c1ccc2[nH]nc(-c3cccc(S(C)(=O)=O)c3)c2c1)c1ccccc1. The van der Waals surface area contributed by atoms with E-state index in [0.29, 0.717) is 16.8 Å². The number of sulfone groups is 1. The van der Waals surface area contributed by atoms with Gasteiger partial charge in [-0.05, 0) is 42.8 Å². The third-order valence-corrected chi connectivity index (χ3v) is 6.12. The predicted molar refractivity (Wildman–Crippen MR) is 117 cm³/mol. The van der Waals surface area contributed by atoms with Crippen molar-refractivity contribution in [2.24, 2.45) is 0 Å². The number of amides is 1. The van der Waals surface area contributed by atoms with Crippen molar-refractivity contribution in [3.8, 4) is 11.3 Å². The Morgan fingerprint density at radius 1 is 1.00 bits per heavy atom. The third kappa shape index (κ3) is 3.97. The highest BCUT2D eigenvalue weighted by atomic mass is 32.2. The Labute approximate surface area is 174 Å². The second kappa shape index (κ2) is 7.76. The van der Waals surface area contributed by atoms with Crippen molar-refractivity contribution in [1.29, 1.82) is 0 Å². The van der Waals surface area contributed by atoms with Gasteiger partial charge in [0.15, 0.2) is 9.84 Å². The third-order valence-electron chi connectivity index (χ3n) is 5.01. The van der Waals surface area contributed by atoms with Crippen LogP contribution in [-0.4, -0.2) is 30.8 Å². The molecule has 0 aliphatic carbocycles. The number of benzene rings is 3. The van der Waals surface area contributed by atoms with E-state index in [2.05, 4.69) is 15.5 Å². The maximum atomic E-state index is 12.8. The van der Waals surface area contributed by atoms with Crippen LogP contribution >= 0.6 is 0 Å². The Bertz CT molecular complexity index is 1330. The molecule has 1 amide bonds. The Morgan fingerprint density at radius 3 is 2.50 bits per heavy atom. The summed E-state index contributed by atoms with van der Waals surface area (Å²) in [5.41, 5.74) is 3.56. The Kier molecular flexibility index (Phi) is 5.13. The first-order valence-corrected chi connectivity index (χ1v) is 11.4. The first-order chi connectivity index (χ1) is 14.3. The fourth-order valence-electron chi connectivity index (χ4n) is 3.35. The molecule has 6 nitrogen and oxygen atoms in total. The number of carbonyl (C=O) groups is 1. The molecule has 0 aliphatic heterocycles. The maximum absolute atomic E-state index is 12.8. The second-order valence-corrected chi connectivity index (χ2v) is 9.25. The molecular weight excluding hydrogens is 398 g/mol. The number of hydrogen-bond donors (Lipinski definition) is 2. The van der Waals surface area contributed by atoms with E-state index in [0.717, 1.165) is 16.5 Å². The zero-order valence-corrected chi connectivity index (χ0v) is 17.4. The number of H-pyrrole nitrogens is 1. The monoisotopic (exact) mass is 419 g/mol. The van der Waals surface area contributed by atoms with Crippen molar-refractivity contribution in [2.75, 3.05) is 6.26 Å². The molecule has 3 aromatic carbocycles. The van der Waals surface area contributed by atoms with Crippen LogP contribution in [0.25, 0.3) is 22.2 Å². The van der Waals surface area contributed by atoms with Crippen molar-refractivity contribution < 1.29 is 13.2 Å². The highest BCUT2D eigenvalue weighted by Gasteiger charge is 2.16. The molecule has 1 aromatic heterocycles. The molecule has 0 bridgehead atoms. The lowest BCUT2D eigenvalue weighted by molar-refractivity contribution is 0.0940. The van der Waals surface area contributed by atoms with E-state index in [9.17, 15) is 13.2 Å². The summed E-state index contributed by atoms with van der Waals surface area (Å²) in [7, 11) is -3.33. The van der Waals surface area contributed by atoms with Gasteiger partial charge in [0.05, 0.1) is 22.1 Å². The molecule has 4 rings (SSSR count). The number of hydrogen-bond acceptors (Lipinski definition) is 4. The van der Waals surface area contributed by atoms with Crippen LogP contribution < -0.4 is 5.32 Å². The molecule has 0 radical (unpaired) electrons. The lowest BCUT2D eigenvalue weighted by atomic mass is 10.0. The van der Waals surface area contributed by atoms with Crippen molar-refractivity contribution >= 4 is 26.6 Å². The van der Waals surface area contributed by atoms with Crippen LogP contribution in [0.5, 0.6) is 0 Å². The molecule has 1 atom stereocenters. The normalized spacial score (nSPS) is 12.6. The van der Waals surface area contributed by atoms with Gasteiger partial charge >= 0.3 is 0 Å². The minimum absolute atomic E-state index is 0.135. The van der Waals surface area contributed by atoms with Gasteiger partial charge in [-0.3, -0.25) is 9.89 Å². The van der Waals surface area contributed by atoms with E-state index in [1.807, 2.05) is 37.3 Å². The molecule has 0 fully saturated rings. The summed E-state index contributed by atoms with van der Waals surface area (Å²) in [4.78, 5) is 13.0. The topological polar surface area (TPSA) is 91.9 Å². The van der Waals surface area contributed by atoms with E-state index in [-0.39, 0.29) is 16.8 Å². The van der Waals surface area contributed by atoms with Crippen LogP contribution in [0.3, 0.4) is 0 Å². The van der Waals surface area contributed by atoms with Gasteiger partial charge in [-0.25, -0.2) is 8.42 Å². The van der Waals surface area contributed by atoms with Gasteiger partial charge in [0, 0.05) is 22.8 Å². The Hall–Kier alpha value is -3.45. The van der Waals surface area contributed by atoms with E-state index < -0.39 is 9.84 Å². The van der Waals surface area contributed by atoms with Crippen LogP contribution in [0.1, 0.15) is 28.9 Å². The van der Waals surface area contributed by atoms with Gasteiger partial charge in [-0.15, -0.1) is 0 Å². The Balaban J connectivity index is 1.67. The number of nitrogens with zero attached hydrogens (tertiary/aromatic N) is 1. The molecule has 2 N–H and O–H groups in total. The lowest BCUT2D eigenvalue weighted by Crippen LogP contribution is -2.26. The van der Waals surface area contributed by atoms with Crippen LogP contribution in [0.2, 0.25) is 0 Å². The van der Waals surface area contributed by atoms with Gasteiger partial charge in [0.2, 0.25) is 0 Å². The lowest BCUT2D eigenvalue weighted by Gasteiger charge is -2.14. The number of nitrogens with one attached hydrogen (secondary N) is 2. The first kappa shape index (κ1) is 19.8. The van der Waals surface area contributed by atoms with Crippen molar-refractivity contribution in [1.82, 2.24) is 15.5 Å². The second-order valence-electron chi connectivity index (χ2n) is 7.24. The fraction of sp³-hybridized carbons (Fsp3) is 0.130. The standard InChI is InChI=1S/C23H21N3O3S/c1-15(16-7-4-3-5-8-16)24-23(27)18-11-12-21-20(14-18)22(26-25-21)17-9-6-10-19(13-17)30(2,28)29/h3-15H,1-2H3,(H,24,27)(H,25,26)/t15-/m0/s1. The fourth-order valence-corrected chi connectivity index (χ4v) is 4.02. The summed E-state index contributed by atoms with van der Waals surface area (Å²) < 4.78 is 23.8. The van der Waals surface area contributed by atoms with Gasteiger partial charge in [0.25, 0.3) is 5.91 Å². The van der Waals surface area contributed by atoms with Crippen molar-refractivity contribution in [3.63, 3.8) is 0 Å². The van der Waals surface area contributed by atoms with E-state index in [4.69, 9.17) is 0 Å². The summed E-state index contributed by atoms with van der Waals surface area (Å²) in [6, 6.07) is 21.6. The van der Waals surface area contributed by atoms with Crippen LogP contribution in [0, 0.1) is 0 Å². The molecule has 0 spiro atoms. The van der Waals surface area contributed by atoms with Gasteiger partial charge in [-0.1, -0.05) is 42.5 Å². The van der Waals surface area contributed by atoms with Crippen LogP contribution in [0.15, 0.2) is 77.7 Å². The average molecular weight is 420 g/mol. The molecule has 152 valence electrons. The van der Waals surface area contributed by atoms with Gasteiger partial charge in [-0.2, -0.15) is 5.10 Å². The molecule has 0 aliphatic rings. The molecule has 0 saturated heterocycles.